The number of aliphatic hydroxyl groups is 1. The van der Waals surface area contributed by atoms with Gasteiger partial charge in [0, 0.05) is 12.8 Å². The van der Waals surface area contributed by atoms with E-state index in [-0.39, 0.29) is 5.78 Å². The number of nitrogens with zero attached hydrogens (tertiary/aromatic N) is 1. The van der Waals surface area contributed by atoms with Gasteiger partial charge < -0.3 is 9.59 Å². The van der Waals surface area contributed by atoms with E-state index in [0.717, 1.165) is 17.6 Å². The first kappa shape index (κ1) is 11.4. The van der Waals surface area contributed by atoms with E-state index in [0.29, 0.717) is 12.1 Å². The lowest BCUT2D eigenvalue weighted by Gasteiger charge is -2.30. The van der Waals surface area contributed by atoms with Crippen molar-refractivity contribution >= 4 is 5.78 Å². The van der Waals surface area contributed by atoms with Crippen molar-refractivity contribution in [1.29, 1.82) is 0 Å². The Morgan fingerprint density at radius 2 is 2.00 bits per heavy atom. The van der Waals surface area contributed by atoms with Crippen molar-refractivity contribution in [3.63, 3.8) is 0 Å². The Balaban J connectivity index is 2.51. The van der Waals surface area contributed by atoms with Gasteiger partial charge in [-0.25, -0.2) is 0 Å². The Morgan fingerprint density at radius 3 is 2.43 bits per heavy atom. The summed E-state index contributed by atoms with van der Waals surface area (Å²) >= 11 is 0. The normalized spacial score (nSPS) is 21.9. The van der Waals surface area contributed by atoms with Gasteiger partial charge in [0.15, 0.2) is 11.9 Å². The minimum atomic E-state index is -0.865. The summed E-state index contributed by atoms with van der Waals surface area (Å²) in [5.74, 6) is -0.212. The van der Waals surface area contributed by atoms with Gasteiger partial charge in [-0.15, -0.1) is 0 Å². The maximum atomic E-state index is 11.4. The zero-order valence-corrected chi connectivity index (χ0v) is 9.12. The van der Waals surface area contributed by atoms with E-state index in [1.807, 2.05) is 0 Å². The zero-order chi connectivity index (χ0) is 10.8. The number of likely N-dealkylation sites (tertiary alicyclic amines) is 1. The standard InChI is InChI=1S/C11H20NO2/c1-9(2)11(14)10(13)8-12(3)6-4-5-7-12/h10,13H,1,4-8H2,2-3H3/q+1. The Kier molecular flexibility index (Phi) is 3.45. The topological polar surface area (TPSA) is 37.3 Å². The summed E-state index contributed by atoms with van der Waals surface area (Å²) in [4.78, 5) is 11.4. The van der Waals surface area contributed by atoms with Crippen LogP contribution in [0.2, 0.25) is 0 Å². The average Bonchev–Trinajstić information content (AvgIpc) is 2.50. The number of rotatable bonds is 4. The van der Waals surface area contributed by atoms with Gasteiger partial charge in [0.05, 0.1) is 20.1 Å². The molecule has 1 rings (SSSR count). The van der Waals surface area contributed by atoms with Gasteiger partial charge in [-0.05, 0) is 12.5 Å². The molecule has 14 heavy (non-hydrogen) atoms. The van der Waals surface area contributed by atoms with E-state index in [4.69, 9.17) is 0 Å². The third-order valence-corrected chi connectivity index (χ3v) is 2.98. The molecule has 1 heterocycles. The van der Waals surface area contributed by atoms with Crippen LogP contribution in [0.4, 0.5) is 0 Å². The zero-order valence-electron chi connectivity index (χ0n) is 9.12. The van der Waals surface area contributed by atoms with Crippen LogP contribution in [0.15, 0.2) is 12.2 Å². The van der Waals surface area contributed by atoms with E-state index in [9.17, 15) is 9.90 Å². The Hall–Kier alpha value is -0.670. The third-order valence-electron chi connectivity index (χ3n) is 2.98. The number of ketones is 1. The molecule has 80 valence electrons. The molecule has 1 fully saturated rings. The van der Waals surface area contributed by atoms with E-state index in [1.165, 1.54) is 12.8 Å². The van der Waals surface area contributed by atoms with Crippen molar-refractivity contribution in [3.05, 3.63) is 12.2 Å². The van der Waals surface area contributed by atoms with Gasteiger partial charge >= 0.3 is 0 Å². The monoisotopic (exact) mass is 198 g/mol. The molecule has 1 aliphatic rings. The summed E-state index contributed by atoms with van der Waals surface area (Å²) in [6, 6.07) is 0. The highest BCUT2D eigenvalue weighted by atomic mass is 16.3. The highest BCUT2D eigenvalue weighted by Gasteiger charge is 2.32. The van der Waals surface area contributed by atoms with E-state index in [2.05, 4.69) is 13.6 Å². The molecule has 0 saturated carbocycles. The average molecular weight is 198 g/mol. The number of quaternary nitrogens is 1. The summed E-state index contributed by atoms with van der Waals surface area (Å²) in [7, 11) is 2.10. The maximum Gasteiger partial charge on any atom is 0.192 e. The molecule has 1 unspecified atom stereocenters. The van der Waals surface area contributed by atoms with Crippen LogP contribution in [0.5, 0.6) is 0 Å². The fourth-order valence-electron chi connectivity index (χ4n) is 2.07. The molecule has 0 radical (unpaired) electrons. The summed E-state index contributed by atoms with van der Waals surface area (Å²) < 4.78 is 0.820. The smallest absolute Gasteiger partial charge is 0.192 e. The fraction of sp³-hybridized carbons (Fsp3) is 0.727. The molecule has 0 amide bonds. The number of carbonyl (C=O) groups is 1. The molecular formula is C11H20NO2+. The van der Waals surface area contributed by atoms with Crippen LogP contribution in [0.25, 0.3) is 0 Å². The fourth-order valence-corrected chi connectivity index (χ4v) is 2.07. The van der Waals surface area contributed by atoms with Crippen LogP contribution < -0.4 is 0 Å². The molecule has 3 heteroatoms. The molecule has 0 aromatic carbocycles. The van der Waals surface area contributed by atoms with Crippen molar-refractivity contribution in [2.45, 2.75) is 25.9 Å². The largest absolute Gasteiger partial charge is 0.379 e. The first-order chi connectivity index (χ1) is 6.44. The number of Topliss-reactive ketones (excluding diaryl/α,β-unsaturated/α-hetero) is 1. The van der Waals surface area contributed by atoms with Crippen molar-refractivity contribution in [2.75, 3.05) is 26.7 Å². The van der Waals surface area contributed by atoms with Gasteiger partial charge in [0.1, 0.15) is 6.54 Å². The molecule has 1 atom stereocenters. The molecule has 0 aromatic heterocycles. The maximum absolute atomic E-state index is 11.4. The van der Waals surface area contributed by atoms with Crippen LogP contribution in [-0.4, -0.2) is 48.2 Å². The molecule has 1 N–H and O–H groups in total. The minimum absolute atomic E-state index is 0.212. The molecule has 0 aromatic rings. The predicted octanol–water partition coefficient (Wildman–Crippen LogP) is 0.733. The van der Waals surface area contributed by atoms with Crippen LogP contribution in [0, 0.1) is 0 Å². The van der Waals surface area contributed by atoms with E-state index >= 15 is 0 Å². The van der Waals surface area contributed by atoms with Crippen LogP contribution in [0.1, 0.15) is 19.8 Å². The van der Waals surface area contributed by atoms with Crippen LogP contribution >= 0.6 is 0 Å². The van der Waals surface area contributed by atoms with Crippen molar-refractivity contribution < 1.29 is 14.4 Å². The lowest BCUT2D eigenvalue weighted by molar-refractivity contribution is -0.899. The summed E-state index contributed by atoms with van der Waals surface area (Å²) in [6.45, 7) is 7.88. The van der Waals surface area contributed by atoms with Gasteiger partial charge in [0.25, 0.3) is 0 Å². The lowest BCUT2D eigenvalue weighted by Crippen LogP contribution is -2.48. The van der Waals surface area contributed by atoms with Gasteiger partial charge in [0.2, 0.25) is 0 Å². The first-order valence-corrected chi connectivity index (χ1v) is 5.16. The molecular weight excluding hydrogens is 178 g/mol. The van der Waals surface area contributed by atoms with E-state index in [1.54, 1.807) is 6.92 Å². The Bertz CT molecular complexity index is 242. The van der Waals surface area contributed by atoms with Crippen LogP contribution in [-0.2, 0) is 4.79 Å². The molecule has 0 aliphatic carbocycles. The van der Waals surface area contributed by atoms with Gasteiger partial charge in [-0.2, -0.15) is 0 Å². The van der Waals surface area contributed by atoms with Crippen molar-refractivity contribution in [1.82, 2.24) is 0 Å². The molecule has 0 bridgehead atoms. The summed E-state index contributed by atoms with van der Waals surface area (Å²) in [6.07, 6.45) is 1.53. The number of hydrogen-bond acceptors (Lipinski definition) is 2. The highest BCUT2D eigenvalue weighted by molar-refractivity contribution is 5.97. The molecule has 0 spiro atoms. The van der Waals surface area contributed by atoms with Crippen LogP contribution in [0.3, 0.4) is 0 Å². The number of aliphatic hydroxyl groups excluding tert-OH is 1. The second kappa shape index (κ2) is 4.24. The Morgan fingerprint density at radius 1 is 1.50 bits per heavy atom. The molecule has 1 saturated heterocycles. The number of hydrogen-bond donors (Lipinski definition) is 1. The van der Waals surface area contributed by atoms with Crippen molar-refractivity contribution in [3.8, 4) is 0 Å². The first-order valence-electron chi connectivity index (χ1n) is 5.16. The summed E-state index contributed by atoms with van der Waals surface area (Å²) in [5, 5.41) is 9.69. The highest BCUT2D eigenvalue weighted by Crippen LogP contribution is 2.17. The number of likely N-dealkylation sites (N-methyl/N-ethyl adjacent to an activating group) is 1. The third kappa shape index (κ3) is 2.66. The molecule has 1 aliphatic heterocycles. The minimum Gasteiger partial charge on any atom is -0.379 e. The predicted molar refractivity (Wildman–Crippen MR) is 55.8 cm³/mol. The Labute approximate surface area is 85.6 Å². The quantitative estimate of drug-likeness (QED) is 0.534. The van der Waals surface area contributed by atoms with Gasteiger partial charge in [-0.3, -0.25) is 4.79 Å². The second-order valence-electron chi connectivity index (χ2n) is 4.62. The SMILES string of the molecule is C=C(C)C(=O)C(O)C[N+]1(C)CCCC1. The van der Waals surface area contributed by atoms with Gasteiger partial charge in [-0.1, -0.05) is 6.58 Å². The van der Waals surface area contributed by atoms with Crippen molar-refractivity contribution in [2.24, 2.45) is 0 Å². The summed E-state index contributed by atoms with van der Waals surface area (Å²) in [5.41, 5.74) is 0.447. The van der Waals surface area contributed by atoms with E-state index < -0.39 is 6.10 Å². The lowest BCUT2D eigenvalue weighted by atomic mass is 10.1. The molecule has 3 nitrogen and oxygen atoms in total. The second-order valence-corrected chi connectivity index (χ2v) is 4.62. The number of carbonyl (C=O) groups excluding carboxylic acids is 1.